The molecular weight excluding hydrogens is 330 g/mol. The summed E-state index contributed by atoms with van der Waals surface area (Å²) < 4.78 is 1.91. The lowest BCUT2D eigenvalue weighted by atomic mass is 10.1. The lowest BCUT2D eigenvalue weighted by Gasteiger charge is -2.27. The normalized spacial score (nSPS) is 11.2. The van der Waals surface area contributed by atoms with Crippen molar-refractivity contribution in [2.45, 2.75) is 38.3 Å². The van der Waals surface area contributed by atoms with Crippen molar-refractivity contribution in [2.24, 2.45) is 0 Å². The quantitative estimate of drug-likeness (QED) is 0.638. The van der Waals surface area contributed by atoms with Gasteiger partial charge in [0.15, 0.2) is 0 Å². The van der Waals surface area contributed by atoms with Crippen LogP contribution in [0.15, 0.2) is 53.7 Å². The highest BCUT2D eigenvalue weighted by molar-refractivity contribution is 7.98. The standard InChI is InChI=1S/C20H23N3OS/c1-14(2)23(12-16-6-5-7-18(10-16)25-4)20(24)17-8-9-19-21-15(3)11-22(19)13-17/h5-11,13-14H,12H2,1-4H3. The molecule has 0 unspecified atom stereocenters. The molecule has 0 aliphatic heterocycles. The second-order valence-corrected chi connectivity index (χ2v) is 7.32. The second kappa shape index (κ2) is 7.31. The van der Waals surface area contributed by atoms with Crippen LogP contribution < -0.4 is 0 Å². The predicted octanol–water partition coefficient (Wildman–Crippen LogP) is 4.42. The number of carbonyl (C=O) groups is 1. The van der Waals surface area contributed by atoms with Crippen LogP contribution in [0, 0.1) is 6.92 Å². The van der Waals surface area contributed by atoms with Gasteiger partial charge in [0.1, 0.15) is 5.65 Å². The fourth-order valence-electron chi connectivity index (χ4n) is 2.87. The number of imidazole rings is 1. The molecule has 0 aliphatic carbocycles. The van der Waals surface area contributed by atoms with Crippen LogP contribution >= 0.6 is 11.8 Å². The molecule has 0 N–H and O–H groups in total. The summed E-state index contributed by atoms with van der Waals surface area (Å²) in [6, 6.07) is 12.2. The van der Waals surface area contributed by atoms with Gasteiger partial charge in [-0.25, -0.2) is 4.98 Å². The number of aryl methyl sites for hydroxylation is 1. The number of hydrogen-bond acceptors (Lipinski definition) is 3. The van der Waals surface area contributed by atoms with E-state index in [1.165, 1.54) is 4.90 Å². The highest BCUT2D eigenvalue weighted by Crippen LogP contribution is 2.19. The summed E-state index contributed by atoms with van der Waals surface area (Å²) in [6.45, 7) is 6.66. The van der Waals surface area contributed by atoms with E-state index in [0.717, 1.165) is 16.9 Å². The van der Waals surface area contributed by atoms with Crippen molar-refractivity contribution in [1.82, 2.24) is 14.3 Å². The van der Waals surface area contributed by atoms with Crippen molar-refractivity contribution in [1.29, 1.82) is 0 Å². The number of nitrogens with zero attached hydrogens (tertiary/aromatic N) is 3. The zero-order chi connectivity index (χ0) is 18.0. The van der Waals surface area contributed by atoms with Gasteiger partial charge < -0.3 is 9.30 Å². The molecule has 3 rings (SSSR count). The number of benzene rings is 1. The highest BCUT2D eigenvalue weighted by Gasteiger charge is 2.20. The number of carbonyl (C=O) groups excluding carboxylic acids is 1. The van der Waals surface area contributed by atoms with Gasteiger partial charge in [0.2, 0.25) is 0 Å². The smallest absolute Gasteiger partial charge is 0.255 e. The van der Waals surface area contributed by atoms with E-state index >= 15 is 0 Å². The number of aromatic nitrogens is 2. The van der Waals surface area contributed by atoms with E-state index in [4.69, 9.17) is 0 Å². The molecule has 0 atom stereocenters. The third-order valence-electron chi connectivity index (χ3n) is 4.19. The molecule has 0 spiro atoms. The second-order valence-electron chi connectivity index (χ2n) is 6.44. The molecule has 3 aromatic rings. The first-order valence-corrected chi connectivity index (χ1v) is 9.59. The summed E-state index contributed by atoms with van der Waals surface area (Å²) >= 11 is 1.71. The van der Waals surface area contributed by atoms with Crippen LogP contribution in [-0.4, -0.2) is 32.5 Å². The van der Waals surface area contributed by atoms with Crippen LogP contribution in [0.25, 0.3) is 5.65 Å². The minimum Gasteiger partial charge on any atom is -0.332 e. The van der Waals surface area contributed by atoms with Gasteiger partial charge >= 0.3 is 0 Å². The number of hydrogen-bond donors (Lipinski definition) is 0. The Balaban J connectivity index is 1.88. The third kappa shape index (κ3) is 3.87. The van der Waals surface area contributed by atoms with E-state index in [1.54, 1.807) is 11.8 Å². The first-order valence-electron chi connectivity index (χ1n) is 8.37. The lowest BCUT2D eigenvalue weighted by Crippen LogP contribution is -2.36. The third-order valence-corrected chi connectivity index (χ3v) is 4.92. The molecule has 0 radical (unpaired) electrons. The average molecular weight is 353 g/mol. The molecule has 5 heteroatoms. The molecule has 2 heterocycles. The molecule has 130 valence electrons. The number of thioether (sulfide) groups is 1. The summed E-state index contributed by atoms with van der Waals surface area (Å²) in [4.78, 5) is 20.6. The highest BCUT2D eigenvalue weighted by atomic mass is 32.2. The Hall–Kier alpha value is -2.27. The molecular formula is C20H23N3OS. The van der Waals surface area contributed by atoms with Crippen molar-refractivity contribution in [2.75, 3.05) is 6.26 Å². The first kappa shape index (κ1) is 17.5. The summed E-state index contributed by atoms with van der Waals surface area (Å²) in [5, 5.41) is 0. The van der Waals surface area contributed by atoms with E-state index in [-0.39, 0.29) is 11.9 Å². The van der Waals surface area contributed by atoms with Crippen LogP contribution in [-0.2, 0) is 6.54 Å². The van der Waals surface area contributed by atoms with Gasteiger partial charge in [-0.15, -0.1) is 11.8 Å². The molecule has 2 aromatic heterocycles. The monoisotopic (exact) mass is 353 g/mol. The van der Waals surface area contributed by atoms with E-state index in [9.17, 15) is 4.79 Å². The van der Waals surface area contributed by atoms with Crippen LogP contribution in [0.4, 0.5) is 0 Å². The van der Waals surface area contributed by atoms with Gasteiger partial charge in [0.25, 0.3) is 5.91 Å². The maximum absolute atomic E-state index is 13.1. The lowest BCUT2D eigenvalue weighted by molar-refractivity contribution is 0.0689. The van der Waals surface area contributed by atoms with Crippen LogP contribution in [0.3, 0.4) is 0 Å². The maximum atomic E-state index is 13.1. The van der Waals surface area contributed by atoms with Crippen LogP contribution in [0.1, 0.15) is 35.5 Å². The molecule has 0 saturated carbocycles. The predicted molar refractivity (Wildman–Crippen MR) is 103 cm³/mol. The summed E-state index contributed by atoms with van der Waals surface area (Å²) in [6.07, 6.45) is 5.87. The Kier molecular flexibility index (Phi) is 5.13. The summed E-state index contributed by atoms with van der Waals surface area (Å²) in [5.74, 6) is 0.0396. The van der Waals surface area contributed by atoms with Crippen molar-refractivity contribution in [3.8, 4) is 0 Å². The number of fused-ring (bicyclic) bond motifs is 1. The van der Waals surface area contributed by atoms with Crippen molar-refractivity contribution in [3.63, 3.8) is 0 Å². The molecule has 0 saturated heterocycles. The van der Waals surface area contributed by atoms with Crippen molar-refractivity contribution in [3.05, 3.63) is 65.6 Å². The van der Waals surface area contributed by atoms with E-state index in [1.807, 2.05) is 46.8 Å². The van der Waals surface area contributed by atoms with Crippen molar-refractivity contribution < 1.29 is 4.79 Å². The first-order chi connectivity index (χ1) is 12.0. The molecule has 25 heavy (non-hydrogen) atoms. The Morgan fingerprint density at radius 1 is 1.24 bits per heavy atom. The number of pyridine rings is 1. The zero-order valence-corrected chi connectivity index (χ0v) is 15.9. The number of amides is 1. The summed E-state index contributed by atoms with van der Waals surface area (Å²) in [7, 11) is 0. The average Bonchev–Trinajstić information content (AvgIpc) is 2.98. The topological polar surface area (TPSA) is 37.6 Å². The Morgan fingerprint density at radius 3 is 2.76 bits per heavy atom. The van der Waals surface area contributed by atoms with Crippen LogP contribution in [0.5, 0.6) is 0 Å². The van der Waals surface area contributed by atoms with Gasteiger partial charge in [0, 0.05) is 29.9 Å². The Morgan fingerprint density at radius 2 is 2.04 bits per heavy atom. The fourth-order valence-corrected chi connectivity index (χ4v) is 3.35. The van der Waals surface area contributed by atoms with Gasteiger partial charge in [-0.05, 0) is 56.9 Å². The maximum Gasteiger partial charge on any atom is 0.255 e. The molecule has 0 bridgehead atoms. The van der Waals surface area contributed by atoms with Gasteiger partial charge in [-0.3, -0.25) is 4.79 Å². The van der Waals surface area contributed by atoms with E-state index in [2.05, 4.69) is 43.3 Å². The Bertz CT molecular complexity index is 901. The molecule has 4 nitrogen and oxygen atoms in total. The van der Waals surface area contributed by atoms with E-state index in [0.29, 0.717) is 12.1 Å². The number of rotatable bonds is 5. The Labute approximate surface area is 152 Å². The van der Waals surface area contributed by atoms with Gasteiger partial charge in [-0.1, -0.05) is 12.1 Å². The van der Waals surface area contributed by atoms with Gasteiger partial charge in [0.05, 0.1) is 11.3 Å². The van der Waals surface area contributed by atoms with Crippen LogP contribution in [0.2, 0.25) is 0 Å². The van der Waals surface area contributed by atoms with E-state index < -0.39 is 0 Å². The zero-order valence-electron chi connectivity index (χ0n) is 15.1. The SMILES string of the molecule is CSc1cccc(CN(C(=O)c2ccc3nc(C)cn3c2)C(C)C)c1. The van der Waals surface area contributed by atoms with Crippen molar-refractivity contribution >= 4 is 23.3 Å². The molecule has 0 aliphatic rings. The minimum atomic E-state index is 0.0396. The molecule has 1 amide bonds. The molecule has 1 aromatic carbocycles. The summed E-state index contributed by atoms with van der Waals surface area (Å²) in [5.41, 5.74) is 3.63. The molecule has 0 fully saturated rings. The fraction of sp³-hybridized carbons (Fsp3) is 0.300. The largest absolute Gasteiger partial charge is 0.332 e. The minimum absolute atomic E-state index is 0.0396. The van der Waals surface area contributed by atoms with Gasteiger partial charge in [-0.2, -0.15) is 0 Å².